The fourth-order valence-electron chi connectivity index (χ4n) is 1.96. The van der Waals surface area contributed by atoms with Gasteiger partial charge in [-0.3, -0.25) is 4.79 Å². The molecule has 0 spiro atoms. The molecule has 2 rings (SSSR count). The number of hydrogen-bond donors (Lipinski definition) is 1. The van der Waals surface area contributed by atoms with Gasteiger partial charge < -0.3 is 10.2 Å². The highest BCUT2D eigenvalue weighted by Crippen LogP contribution is 2.13. The molecule has 17 heavy (non-hydrogen) atoms. The molecule has 1 aromatic rings. The van der Waals surface area contributed by atoms with E-state index in [1.807, 2.05) is 7.05 Å². The monoisotopic (exact) mass is 258 g/mol. The lowest BCUT2D eigenvalue weighted by Crippen LogP contribution is -2.33. The Hall–Kier alpha value is -1.13. The van der Waals surface area contributed by atoms with E-state index in [-0.39, 0.29) is 24.1 Å². The van der Waals surface area contributed by atoms with Crippen molar-refractivity contribution < 1.29 is 9.18 Å². The molecule has 0 radical (unpaired) electrons. The summed E-state index contributed by atoms with van der Waals surface area (Å²) in [7, 11) is 1.90. The maximum absolute atomic E-state index is 12.7. The van der Waals surface area contributed by atoms with Crippen molar-refractivity contribution in [3.8, 4) is 0 Å². The number of hydrogen-bond acceptors (Lipinski definition) is 2. The van der Waals surface area contributed by atoms with Crippen LogP contribution in [-0.4, -0.2) is 37.0 Å². The van der Waals surface area contributed by atoms with Gasteiger partial charge in [0.25, 0.3) is 5.91 Å². The van der Waals surface area contributed by atoms with E-state index in [1.54, 1.807) is 4.90 Å². The number of rotatable bonds is 2. The quantitative estimate of drug-likeness (QED) is 0.876. The zero-order chi connectivity index (χ0) is 11.5. The highest BCUT2D eigenvalue weighted by molar-refractivity contribution is 5.94. The summed E-state index contributed by atoms with van der Waals surface area (Å²) in [6, 6.07) is 6.08. The molecule has 3 nitrogen and oxygen atoms in total. The molecule has 1 aliphatic rings. The second-order valence-corrected chi connectivity index (χ2v) is 4.03. The van der Waals surface area contributed by atoms with Crippen LogP contribution in [-0.2, 0) is 0 Å². The average molecular weight is 259 g/mol. The Balaban J connectivity index is 0.00000144. The van der Waals surface area contributed by atoms with Crippen molar-refractivity contribution in [2.45, 2.75) is 12.5 Å². The van der Waals surface area contributed by atoms with E-state index in [1.165, 1.54) is 24.3 Å². The van der Waals surface area contributed by atoms with Crippen molar-refractivity contribution in [2.75, 3.05) is 20.1 Å². The van der Waals surface area contributed by atoms with Crippen molar-refractivity contribution in [1.82, 2.24) is 10.2 Å². The molecular formula is C12H16ClFN2O. The number of carbonyl (C=O) groups is 1. The van der Waals surface area contributed by atoms with Crippen LogP contribution < -0.4 is 5.32 Å². The first kappa shape index (κ1) is 13.9. The SMILES string of the molecule is CN[C@@H]1CCN(C(=O)c2ccc(F)cc2)C1.Cl. The van der Waals surface area contributed by atoms with Gasteiger partial charge in [-0.25, -0.2) is 4.39 Å². The minimum atomic E-state index is -0.314. The Morgan fingerprint density at radius 2 is 2.06 bits per heavy atom. The van der Waals surface area contributed by atoms with Gasteiger partial charge in [0.2, 0.25) is 0 Å². The minimum Gasteiger partial charge on any atom is -0.337 e. The third-order valence-corrected chi connectivity index (χ3v) is 2.97. The van der Waals surface area contributed by atoms with Crippen LogP contribution in [0.3, 0.4) is 0 Å². The fourth-order valence-corrected chi connectivity index (χ4v) is 1.96. The van der Waals surface area contributed by atoms with Crippen molar-refractivity contribution in [2.24, 2.45) is 0 Å². The Bertz CT molecular complexity index is 383. The summed E-state index contributed by atoms with van der Waals surface area (Å²) < 4.78 is 12.7. The molecule has 0 saturated carbocycles. The van der Waals surface area contributed by atoms with E-state index in [0.717, 1.165) is 19.5 Å². The van der Waals surface area contributed by atoms with Crippen molar-refractivity contribution in [3.63, 3.8) is 0 Å². The van der Waals surface area contributed by atoms with Crippen LogP contribution in [0, 0.1) is 5.82 Å². The molecule has 0 aromatic heterocycles. The second-order valence-electron chi connectivity index (χ2n) is 4.03. The topological polar surface area (TPSA) is 32.3 Å². The number of likely N-dealkylation sites (N-methyl/N-ethyl adjacent to an activating group) is 1. The van der Waals surface area contributed by atoms with Crippen LogP contribution in [0.2, 0.25) is 0 Å². The first-order valence-electron chi connectivity index (χ1n) is 5.43. The molecule has 1 N–H and O–H groups in total. The molecule has 5 heteroatoms. The van der Waals surface area contributed by atoms with Gasteiger partial charge in [0.15, 0.2) is 0 Å². The third kappa shape index (κ3) is 3.17. The second kappa shape index (κ2) is 5.98. The molecule has 1 amide bonds. The van der Waals surface area contributed by atoms with Crippen LogP contribution in [0.5, 0.6) is 0 Å². The van der Waals surface area contributed by atoms with Gasteiger partial charge in [0, 0.05) is 24.7 Å². The van der Waals surface area contributed by atoms with Gasteiger partial charge >= 0.3 is 0 Å². The number of carbonyl (C=O) groups excluding carboxylic acids is 1. The predicted molar refractivity (Wildman–Crippen MR) is 67.0 cm³/mol. The van der Waals surface area contributed by atoms with Crippen molar-refractivity contribution >= 4 is 18.3 Å². The number of nitrogens with one attached hydrogen (secondary N) is 1. The van der Waals surface area contributed by atoms with Gasteiger partial charge in [-0.15, -0.1) is 12.4 Å². The minimum absolute atomic E-state index is 0. The Morgan fingerprint density at radius 1 is 1.41 bits per heavy atom. The number of benzene rings is 1. The van der Waals surface area contributed by atoms with Gasteiger partial charge in [-0.05, 0) is 37.7 Å². The summed E-state index contributed by atoms with van der Waals surface area (Å²) in [6.45, 7) is 1.49. The predicted octanol–water partition coefficient (Wildman–Crippen LogP) is 1.68. The molecule has 0 unspecified atom stereocenters. The lowest BCUT2D eigenvalue weighted by molar-refractivity contribution is 0.0789. The molecule has 1 aliphatic heterocycles. The lowest BCUT2D eigenvalue weighted by atomic mass is 10.2. The highest BCUT2D eigenvalue weighted by atomic mass is 35.5. The smallest absolute Gasteiger partial charge is 0.253 e. The number of amides is 1. The Labute approximate surface area is 106 Å². The normalized spacial score (nSPS) is 18.9. The summed E-state index contributed by atoms with van der Waals surface area (Å²) in [5.41, 5.74) is 0.554. The summed E-state index contributed by atoms with van der Waals surface area (Å²) in [5.74, 6) is -0.330. The van der Waals surface area contributed by atoms with E-state index >= 15 is 0 Å². The molecule has 0 aliphatic carbocycles. The average Bonchev–Trinajstić information content (AvgIpc) is 2.77. The fraction of sp³-hybridized carbons (Fsp3) is 0.417. The van der Waals surface area contributed by atoms with Gasteiger partial charge in [-0.2, -0.15) is 0 Å². The summed E-state index contributed by atoms with van der Waals surface area (Å²) >= 11 is 0. The summed E-state index contributed by atoms with van der Waals surface area (Å²) in [5, 5.41) is 3.16. The molecule has 1 saturated heterocycles. The number of halogens is 2. The van der Waals surface area contributed by atoms with Crippen molar-refractivity contribution in [3.05, 3.63) is 35.6 Å². The van der Waals surface area contributed by atoms with Crippen LogP contribution >= 0.6 is 12.4 Å². The van der Waals surface area contributed by atoms with E-state index in [4.69, 9.17) is 0 Å². The van der Waals surface area contributed by atoms with Crippen LogP contribution in [0.4, 0.5) is 4.39 Å². The molecule has 1 heterocycles. The van der Waals surface area contributed by atoms with Crippen molar-refractivity contribution in [1.29, 1.82) is 0 Å². The first-order valence-corrected chi connectivity index (χ1v) is 5.43. The first-order chi connectivity index (χ1) is 7.70. The van der Waals surface area contributed by atoms with Crippen LogP contribution in [0.1, 0.15) is 16.8 Å². The molecular weight excluding hydrogens is 243 g/mol. The van der Waals surface area contributed by atoms with Gasteiger partial charge in [0.1, 0.15) is 5.82 Å². The Morgan fingerprint density at radius 3 is 2.59 bits per heavy atom. The van der Waals surface area contributed by atoms with E-state index < -0.39 is 0 Å². The summed E-state index contributed by atoms with van der Waals surface area (Å²) in [6.07, 6.45) is 0.976. The zero-order valence-electron chi connectivity index (χ0n) is 9.65. The lowest BCUT2D eigenvalue weighted by Gasteiger charge is -2.16. The van der Waals surface area contributed by atoms with E-state index in [9.17, 15) is 9.18 Å². The third-order valence-electron chi connectivity index (χ3n) is 2.97. The van der Waals surface area contributed by atoms with E-state index in [2.05, 4.69) is 5.32 Å². The maximum Gasteiger partial charge on any atom is 0.253 e. The molecule has 1 fully saturated rings. The molecule has 1 atom stereocenters. The molecule has 94 valence electrons. The van der Waals surface area contributed by atoms with Crippen LogP contribution in [0.25, 0.3) is 0 Å². The van der Waals surface area contributed by atoms with Gasteiger partial charge in [0.05, 0.1) is 0 Å². The highest BCUT2D eigenvalue weighted by Gasteiger charge is 2.25. The van der Waals surface area contributed by atoms with Crippen LogP contribution in [0.15, 0.2) is 24.3 Å². The van der Waals surface area contributed by atoms with Gasteiger partial charge in [-0.1, -0.05) is 0 Å². The Kier molecular flexibility index (Phi) is 4.90. The largest absolute Gasteiger partial charge is 0.337 e. The number of nitrogens with zero attached hydrogens (tertiary/aromatic N) is 1. The maximum atomic E-state index is 12.7. The standard InChI is InChI=1S/C12H15FN2O.ClH/c1-14-11-6-7-15(8-11)12(16)9-2-4-10(13)5-3-9;/h2-5,11,14H,6-8H2,1H3;1H/t11-;/m1./s1. The molecule has 0 bridgehead atoms. The summed E-state index contributed by atoms with van der Waals surface area (Å²) in [4.78, 5) is 13.8. The zero-order valence-corrected chi connectivity index (χ0v) is 10.5. The number of likely N-dealkylation sites (tertiary alicyclic amines) is 1. The molecule has 1 aromatic carbocycles. The van der Waals surface area contributed by atoms with E-state index in [0.29, 0.717) is 11.6 Å².